The first kappa shape index (κ1) is 13.6. The number of aromatic nitrogens is 1. The summed E-state index contributed by atoms with van der Waals surface area (Å²) in [6, 6.07) is 12.8. The maximum absolute atomic E-state index is 5.05. The normalized spacial score (nSPS) is 12.2. The van der Waals surface area contributed by atoms with Crippen molar-refractivity contribution >= 4 is 0 Å². The molecule has 0 aliphatic rings. The summed E-state index contributed by atoms with van der Waals surface area (Å²) in [7, 11) is 1.63. The third kappa shape index (κ3) is 3.80. The topological polar surface area (TPSA) is 34.1 Å². The van der Waals surface area contributed by atoms with Gasteiger partial charge in [0.1, 0.15) is 0 Å². The number of rotatable bonds is 5. The molecule has 1 aromatic heterocycles. The number of nitrogens with zero attached hydrogens (tertiary/aromatic N) is 1. The molecule has 1 N–H and O–H groups in total. The summed E-state index contributed by atoms with van der Waals surface area (Å²) < 4.78 is 5.05. The highest BCUT2D eigenvalue weighted by Crippen LogP contribution is 2.15. The lowest BCUT2D eigenvalue weighted by Crippen LogP contribution is -2.18. The molecule has 19 heavy (non-hydrogen) atoms. The largest absolute Gasteiger partial charge is 0.481 e. The highest BCUT2D eigenvalue weighted by Gasteiger charge is 2.05. The molecule has 1 heterocycles. The Morgan fingerprint density at radius 2 is 2.11 bits per heavy atom. The van der Waals surface area contributed by atoms with Crippen LogP contribution in [0.15, 0.2) is 42.6 Å². The van der Waals surface area contributed by atoms with E-state index in [1.54, 1.807) is 7.11 Å². The van der Waals surface area contributed by atoms with Crippen molar-refractivity contribution in [3.8, 4) is 5.88 Å². The molecular formula is C16H20N2O. The Bertz CT molecular complexity index is 523. The van der Waals surface area contributed by atoms with Gasteiger partial charge in [0, 0.05) is 24.8 Å². The predicted molar refractivity (Wildman–Crippen MR) is 77.2 cm³/mol. The van der Waals surface area contributed by atoms with Gasteiger partial charge in [-0.2, -0.15) is 0 Å². The van der Waals surface area contributed by atoms with Gasteiger partial charge < -0.3 is 10.1 Å². The van der Waals surface area contributed by atoms with Gasteiger partial charge in [0.05, 0.1) is 7.11 Å². The van der Waals surface area contributed by atoms with E-state index in [-0.39, 0.29) is 0 Å². The van der Waals surface area contributed by atoms with Gasteiger partial charge in [0.15, 0.2) is 0 Å². The Kier molecular flexibility index (Phi) is 4.53. The first-order chi connectivity index (χ1) is 9.19. The van der Waals surface area contributed by atoms with E-state index in [0.717, 1.165) is 12.1 Å². The molecule has 100 valence electrons. The molecule has 0 spiro atoms. The molecule has 0 unspecified atom stereocenters. The molecule has 0 fully saturated rings. The lowest BCUT2D eigenvalue weighted by atomic mass is 10.1. The Morgan fingerprint density at radius 1 is 1.26 bits per heavy atom. The number of hydrogen-bond acceptors (Lipinski definition) is 3. The third-order valence-corrected chi connectivity index (χ3v) is 3.16. The van der Waals surface area contributed by atoms with Crippen LogP contribution in [0.5, 0.6) is 5.88 Å². The van der Waals surface area contributed by atoms with Gasteiger partial charge in [0.2, 0.25) is 5.88 Å². The Balaban J connectivity index is 1.94. The smallest absolute Gasteiger partial charge is 0.212 e. The molecule has 0 saturated carbocycles. The number of benzene rings is 1. The van der Waals surface area contributed by atoms with Gasteiger partial charge >= 0.3 is 0 Å². The second-order valence-corrected chi connectivity index (χ2v) is 4.73. The summed E-state index contributed by atoms with van der Waals surface area (Å²) in [6.07, 6.45) is 1.84. The van der Waals surface area contributed by atoms with Crippen LogP contribution in [0, 0.1) is 6.92 Å². The molecule has 1 atom stereocenters. The van der Waals surface area contributed by atoms with E-state index in [2.05, 4.69) is 48.4 Å². The molecule has 2 rings (SSSR count). The van der Waals surface area contributed by atoms with Crippen LogP contribution in [0.2, 0.25) is 0 Å². The molecule has 3 heteroatoms. The molecule has 0 aliphatic carbocycles. The molecule has 0 aliphatic heterocycles. The monoisotopic (exact) mass is 256 g/mol. The Hall–Kier alpha value is -1.87. The van der Waals surface area contributed by atoms with E-state index in [4.69, 9.17) is 4.74 Å². The number of ether oxygens (including phenoxy) is 1. The van der Waals surface area contributed by atoms with E-state index in [9.17, 15) is 0 Å². The van der Waals surface area contributed by atoms with Crippen LogP contribution in [0.3, 0.4) is 0 Å². The Morgan fingerprint density at radius 3 is 2.74 bits per heavy atom. The van der Waals surface area contributed by atoms with Crippen molar-refractivity contribution < 1.29 is 4.74 Å². The predicted octanol–water partition coefficient (Wildman–Crippen LogP) is 3.25. The van der Waals surface area contributed by atoms with Crippen molar-refractivity contribution in [1.82, 2.24) is 10.3 Å². The molecule has 3 nitrogen and oxygen atoms in total. The second kappa shape index (κ2) is 6.34. The van der Waals surface area contributed by atoms with Crippen molar-refractivity contribution in [1.29, 1.82) is 0 Å². The van der Waals surface area contributed by atoms with Crippen LogP contribution in [0.1, 0.15) is 29.7 Å². The molecule has 2 aromatic rings. The minimum Gasteiger partial charge on any atom is -0.481 e. The number of aryl methyl sites for hydroxylation is 1. The summed E-state index contributed by atoms with van der Waals surface area (Å²) in [6.45, 7) is 5.08. The molecule has 1 aromatic carbocycles. The standard InChI is InChI=1S/C16H20N2O/c1-12-5-4-6-15(9-12)13(2)17-10-14-7-8-16(19-3)18-11-14/h4-9,11,13,17H,10H2,1-3H3/t13-/m0/s1. The fourth-order valence-electron chi connectivity index (χ4n) is 1.96. The van der Waals surface area contributed by atoms with Crippen LogP contribution >= 0.6 is 0 Å². The van der Waals surface area contributed by atoms with Crippen LogP contribution in [-0.4, -0.2) is 12.1 Å². The van der Waals surface area contributed by atoms with E-state index >= 15 is 0 Å². The minimum atomic E-state index is 0.321. The zero-order valence-corrected chi connectivity index (χ0v) is 11.7. The average molecular weight is 256 g/mol. The minimum absolute atomic E-state index is 0.321. The summed E-state index contributed by atoms with van der Waals surface area (Å²) >= 11 is 0. The SMILES string of the molecule is COc1ccc(CN[C@@H](C)c2cccc(C)c2)cn1. The van der Waals surface area contributed by atoms with Gasteiger partial charge in [-0.05, 0) is 25.0 Å². The van der Waals surface area contributed by atoms with Gasteiger partial charge in [-0.25, -0.2) is 4.98 Å². The maximum Gasteiger partial charge on any atom is 0.212 e. The van der Waals surface area contributed by atoms with E-state index in [0.29, 0.717) is 11.9 Å². The third-order valence-electron chi connectivity index (χ3n) is 3.16. The lowest BCUT2D eigenvalue weighted by Gasteiger charge is -2.15. The van der Waals surface area contributed by atoms with E-state index < -0.39 is 0 Å². The first-order valence-corrected chi connectivity index (χ1v) is 6.48. The average Bonchev–Trinajstić information content (AvgIpc) is 2.45. The van der Waals surface area contributed by atoms with Gasteiger partial charge in [-0.1, -0.05) is 35.9 Å². The summed E-state index contributed by atoms with van der Waals surface area (Å²) in [5, 5.41) is 3.50. The molecule has 0 amide bonds. The fraction of sp³-hybridized carbons (Fsp3) is 0.312. The van der Waals surface area contributed by atoms with Crippen LogP contribution in [-0.2, 0) is 6.54 Å². The second-order valence-electron chi connectivity index (χ2n) is 4.73. The molecular weight excluding hydrogens is 236 g/mol. The molecule has 0 saturated heterocycles. The number of methoxy groups -OCH3 is 1. The number of pyridine rings is 1. The van der Waals surface area contributed by atoms with Crippen molar-refractivity contribution in [2.75, 3.05) is 7.11 Å². The zero-order valence-electron chi connectivity index (χ0n) is 11.7. The van der Waals surface area contributed by atoms with E-state index in [1.807, 2.05) is 18.3 Å². The lowest BCUT2D eigenvalue weighted by molar-refractivity contribution is 0.397. The van der Waals surface area contributed by atoms with Crippen LogP contribution in [0.25, 0.3) is 0 Å². The summed E-state index contributed by atoms with van der Waals surface area (Å²) in [4.78, 5) is 4.20. The van der Waals surface area contributed by atoms with Gasteiger partial charge in [-0.3, -0.25) is 0 Å². The maximum atomic E-state index is 5.05. The van der Waals surface area contributed by atoms with Crippen molar-refractivity contribution in [3.05, 3.63) is 59.3 Å². The van der Waals surface area contributed by atoms with Crippen LogP contribution in [0.4, 0.5) is 0 Å². The molecule has 0 radical (unpaired) electrons. The first-order valence-electron chi connectivity index (χ1n) is 6.48. The van der Waals surface area contributed by atoms with Crippen molar-refractivity contribution in [2.24, 2.45) is 0 Å². The van der Waals surface area contributed by atoms with E-state index in [1.165, 1.54) is 11.1 Å². The van der Waals surface area contributed by atoms with Crippen LogP contribution < -0.4 is 10.1 Å². The summed E-state index contributed by atoms with van der Waals surface area (Å²) in [5.74, 6) is 0.649. The highest BCUT2D eigenvalue weighted by molar-refractivity contribution is 5.25. The fourth-order valence-corrected chi connectivity index (χ4v) is 1.96. The quantitative estimate of drug-likeness (QED) is 0.891. The molecule has 0 bridgehead atoms. The number of hydrogen-bond donors (Lipinski definition) is 1. The zero-order chi connectivity index (χ0) is 13.7. The summed E-state index contributed by atoms with van der Waals surface area (Å²) in [5.41, 5.74) is 3.75. The number of nitrogens with one attached hydrogen (secondary N) is 1. The van der Waals surface area contributed by atoms with Gasteiger partial charge in [-0.15, -0.1) is 0 Å². The van der Waals surface area contributed by atoms with Gasteiger partial charge in [0.25, 0.3) is 0 Å². The van der Waals surface area contributed by atoms with Crippen molar-refractivity contribution in [2.45, 2.75) is 26.4 Å². The highest BCUT2D eigenvalue weighted by atomic mass is 16.5. The van der Waals surface area contributed by atoms with Crippen molar-refractivity contribution in [3.63, 3.8) is 0 Å². The Labute approximate surface area is 114 Å².